The van der Waals surface area contributed by atoms with Crippen molar-refractivity contribution in [2.75, 3.05) is 17.7 Å². The largest absolute Gasteiger partial charge is 0.400 e. The minimum absolute atomic E-state index is 0.121. The molecule has 1 aliphatic heterocycles. The highest BCUT2D eigenvalue weighted by atomic mass is 32.2. The van der Waals surface area contributed by atoms with Gasteiger partial charge in [-0.2, -0.15) is 13.2 Å². The summed E-state index contributed by atoms with van der Waals surface area (Å²) in [6, 6.07) is 3.77. The van der Waals surface area contributed by atoms with Crippen LogP contribution in [0.4, 0.5) is 24.5 Å². The summed E-state index contributed by atoms with van der Waals surface area (Å²) in [6.45, 7) is 0. The maximum atomic E-state index is 12.6. The smallest absolute Gasteiger partial charge is 0.391 e. The fraction of sp³-hybridized carbons (Fsp3) is 0.462. The Morgan fingerprint density at radius 1 is 1.41 bits per heavy atom. The summed E-state index contributed by atoms with van der Waals surface area (Å²) in [5.41, 5.74) is 6.52. The monoisotopic (exact) mass is 337 g/mol. The van der Waals surface area contributed by atoms with E-state index in [1.807, 2.05) is 0 Å². The Morgan fingerprint density at radius 2 is 2.05 bits per heavy atom. The van der Waals surface area contributed by atoms with Crippen molar-refractivity contribution in [2.45, 2.75) is 36.4 Å². The zero-order valence-electron chi connectivity index (χ0n) is 11.9. The van der Waals surface area contributed by atoms with Gasteiger partial charge in [-0.3, -0.25) is 9.93 Å². The molecule has 1 unspecified atom stereocenters. The number of anilines is 2. The minimum atomic E-state index is -4.30. The van der Waals surface area contributed by atoms with Crippen molar-refractivity contribution in [3.8, 4) is 0 Å². The third kappa shape index (κ3) is 4.52. The Labute approximate surface area is 130 Å². The fourth-order valence-electron chi connectivity index (χ4n) is 2.33. The third-order valence-electron chi connectivity index (χ3n) is 3.19. The molecule has 1 saturated heterocycles. The molecule has 2 rings (SSSR count). The quantitative estimate of drug-likeness (QED) is 0.581. The van der Waals surface area contributed by atoms with Crippen molar-refractivity contribution in [2.24, 2.45) is 5.14 Å². The Morgan fingerprint density at radius 3 is 2.59 bits per heavy atom. The molecule has 1 aliphatic rings. The molecule has 5 N–H and O–H groups in total. The zero-order chi connectivity index (χ0) is 16.9. The standard InChI is InChI=1S/C12H14F3N3OS.CH4O/c13-12(14,15)6-8-2-4-11(19)18(8)7-1-3-9(16)10(5-7)20-17;1-2/h1,3,5,8H,2,4,6,16-17H2;2H,1H3. The summed E-state index contributed by atoms with van der Waals surface area (Å²) in [4.78, 5) is 13.6. The van der Waals surface area contributed by atoms with Crippen LogP contribution in [-0.4, -0.2) is 30.3 Å². The van der Waals surface area contributed by atoms with Crippen molar-refractivity contribution in [1.29, 1.82) is 0 Å². The molecule has 1 aromatic rings. The predicted octanol–water partition coefficient (Wildman–Crippen LogP) is 2.29. The van der Waals surface area contributed by atoms with Crippen LogP contribution < -0.4 is 15.8 Å². The van der Waals surface area contributed by atoms with Crippen LogP contribution in [0.15, 0.2) is 23.1 Å². The van der Waals surface area contributed by atoms with E-state index in [4.69, 9.17) is 16.0 Å². The van der Waals surface area contributed by atoms with Gasteiger partial charge in [-0.05, 0) is 36.6 Å². The van der Waals surface area contributed by atoms with Crippen LogP contribution in [0.25, 0.3) is 0 Å². The number of carbonyl (C=O) groups excluding carboxylic acids is 1. The van der Waals surface area contributed by atoms with E-state index >= 15 is 0 Å². The topological polar surface area (TPSA) is 92.6 Å². The highest BCUT2D eigenvalue weighted by Crippen LogP contribution is 2.36. The van der Waals surface area contributed by atoms with E-state index in [-0.39, 0.29) is 18.7 Å². The molecule has 1 fully saturated rings. The van der Waals surface area contributed by atoms with Crippen molar-refractivity contribution in [1.82, 2.24) is 0 Å². The van der Waals surface area contributed by atoms with E-state index in [1.54, 1.807) is 18.2 Å². The summed E-state index contributed by atoms with van der Waals surface area (Å²) < 4.78 is 37.7. The van der Waals surface area contributed by atoms with E-state index in [1.165, 1.54) is 4.90 Å². The highest BCUT2D eigenvalue weighted by molar-refractivity contribution is 7.97. The third-order valence-corrected chi connectivity index (χ3v) is 3.80. The molecule has 0 saturated carbocycles. The van der Waals surface area contributed by atoms with Crippen molar-refractivity contribution in [3.63, 3.8) is 0 Å². The lowest BCUT2D eigenvalue weighted by Gasteiger charge is -2.26. The summed E-state index contributed by atoms with van der Waals surface area (Å²) in [7, 11) is 1.00. The van der Waals surface area contributed by atoms with Gasteiger partial charge in [0, 0.05) is 35.8 Å². The number of amides is 1. The molecular weight excluding hydrogens is 319 g/mol. The Kier molecular flexibility index (Phi) is 6.51. The number of halogens is 3. The number of nitrogens with zero attached hydrogens (tertiary/aromatic N) is 1. The average molecular weight is 337 g/mol. The summed E-state index contributed by atoms with van der Waals surface area (Å²) in [5.74, 6) is -0.308. The number of nitrogens with two attached hydrogens (primary N) is 2. The normalized spacial score (nSPS) is 18.2. The fourth-order valence-corrected chi connectivity index (χ4v) is 2.73. The zero-order valence-corrected chi connectivity index (χ0v) is 12.7. The predicted molar refractivity (Wildman–Crippen MR) is 80.2 cm³/mol. The number of aliphatic hydroxyl groups excluding tert-OH is 1. The molecule has 0 bridgehead atoms. The minimum Gasteiger partial charge on any atom is -0.400 e. The van der Waals surface area contributed by atoms with E-state index in [0.29, 0.717) is 16.3 Å². The van der Waals surface area contributed by atoms with Crippen LogP contribution in [0.3, 0.4) is 0 Å². The molecule has 124 valence electrons. The first kappa shape index (κ1) is 18.6. The van der Waals surface area contributed by atoms with Crippen molar-refractivity contribution in [3.05, 3.63) is 18.2 Å². The number of alkyl halides is 3. The Bertz CT molecular complexity index is 526. The van der Waals surface area contributed by atoms with Gasteiger partial charge in [-0.1, -0.05) is 0 Å². The Hall–Kier alpha value is -1.45. The van der Waals surface area contributed by atoms with Gasteiger partial charge >= 0.3 is 6.18 Å². The number of rotatable bonds is 3. The van der Waals surface area contributed by atoms with Crippen LogP contribution in [-0.2, 0) is 4.79 Å². The highest BCUT2D eigenvalue weighted by Gasteiger charge is 2.40. The van der Waals surface area contributed by atoms with E-state index in [9.17, 15) is 18.0 Å². The molecule has 1 amide bonds. The first-order valence-corrected chi connectivity index (χ1v) is 7.29. The second-order valence-corrected chi connectivity index (χ2v) is 5.29. The molecule has 1 heterocycles. The molecule has 1 atom stereocenters. The van der Waals surface area contributed by atoms with Crippen LogP contribution >= 0.6 is 11.9 Å². The Balaban J connectivity index is 0.00000116. The molecular formula is C13H18F3N3O2S. The molecule has 22 heavy (non-hydrogen) atoms. The lowest BCUT2D eigenvalue weighted by atomic mass is 10.1. The van der Waals surface area contributed by atoms with Gasteiger partial charge in [0.05, 0.1) is 6.42 Å². The van der Waals surface area contributed by atoms with Gasteiger partial charge in [0.15, 0.2) is 0 Å². The van der Waals surface area contributed by atoms with Gasteiger partial charge in [0.2, 0.25) is 5.91 Å². The van der Waals surface area contributed by atoms with Crippen molar-refractivity contribution < 1.29 is 23.1 Å². The lowest BCUT2D eigenvalue weighted by Crippen LogP contribution is -2.36. The molecule has 0 radical (unpaired) electrons. The molecule has 0 aromatic heterocycles. The van der Waals surface area contributed by atoms with Crippen LogP contribution in [0.1, 0.15) is 19.3 Å². The second kappa shape index (κ2) is 7.70. The lowest BCUT2D eigenvalue weighted by molar-refractivity contribution is -0.138. The van der Waals surface area contributed by atoms with Crippen LogP contribution in [0.5, 0.6) is 0 Å². The van der Waals surface area contributed by atoms with Gasteiger partial charge < -0.3 is 15.7 Å². The van der Waals surface area contributed by atoms with Gasteiger partial charge in [-0.25, -0.2) is 0 Å². The molecule has 0 spiro atoms. The second-order valence-electron chi connectivity index (χ2n) is 4.62. The summed E-state index contributed by atoms with van der Waals surface area (Å²) in [6.07, 6.45) is -4.98. The van der Waals surface area contributed by atoms with Gasteiger partial charge in [0.1, 0.15) is 0 Å². The van der Waals surface area contributed by atoms with E-state index in [2.05, 4.69) is 0 Å². The number of hydrogen-bond donors (Lipinski definition) is 3. The molecule has 1 aromatic carbocycles. The van der Waals surface area contributed by atoms with Gasteiger partial charge in [-0.15, -0.1) is 0 Å². The molecule has 9 heteroatoms. The number of carbonyl (C=O) groups is 1. The summed E-state index contributed by atoms with van der Waals surface area (Å²) in [5, 5.41) is 12.4. The SMILES string of the molecule is CO.NSc1cc(N2C(=O)CCC2CC(F)(F)F)ccc1N. The average Bonchev–Trinajstić information content (AvgIpc) is 2.81. The maximum absolute atomic E-state index is 12.6. The van der Waals surface area contributed by atoms with E-state index < -0.39 is 18.6 Å². The van der Waals surface area contributed by atoms with Crippen molar-refractivity contribution >= 4 is 29.2 Å². The first-order valence-electron chi connectivity index (χ1n) is 6.41. The summed E-state index contributed by atoms with van der Waals surface area (Å²) >= 11 is 0.899. The number of aliphatic hydroxyl groups is 1. The number of nitrogen functional groups attached to an aromatic ring is 1. The number of benzene rings is 1. The molecule has 0 aliphatic carbocycles. The van der Waals surface area contributed by atoms with Crippen LogP contribution in [0.2, 0.25) is 0 Å². The van der Waals surface area contributed by atoms with Gasteiger partial charge in [0.25, 0.3) is 0 Å². The first-order chi connectivity index (χ1) is 10.3. The number of hydrogen-bond acceptors (Lipinski definition) is 5. The molecule has 5 nitrogen and oxygen atoms in total. The maximum Gasteiger partial charge on any atom is 0.391 e. The van der Waals surface area contributed by atoms with Crippen LogP contribution in [0, 0.1) is 0 Å². The van der Waals surface area contributed by atoms with E-state index in [0.717, 1.165) is 19.1 Å².